The van der Waals surface area contributed by atoms with E-state index in [0.29, 0.717) is 48.7 Å². The zero-order valence-corrected chi connectivity index (χ0v) is 19.4. The first-order valence-electron chi connectivity index (χ1n) is 11.2. The molecule has 0 aromatic heterocycles. The van der Waals surface area contributed by atoms with E-state index in [1.165, 1.54) is 0 Å². The Balaban J connectivity index is 1.43. The van der Waals surface area contributed by atoms with Crippen LogP contribution in [0.3, 0.4) is 0 Å². The van der Waals surface area contributed by atoms with Gasteiger partial charge in [-0.3, -0.25) is 14.4 Å². The smallest absolute Gasteiger partial charge is 0.253 e. The fourth-order valence-electron chi connectivity index (χ4n) is 4.01. The van der Waals surface area contributed by atoms with Gasteiger partial charge in [0.1, 0.15) is 6.04 Å². The Morgan fingerprint density at radius 2 is 1.29 bits per heavy atom. The van der Waals surface area contributed by atoms with E-state index in [4.69, 9.17) is 11.6 Å². The average molecular weight is 476 g/mol. The third kappa shape index (κ3) is 5.83. The Kier molecular flexibility index (Phi) is 7.60. The summed E-state index contributed by atoms with van der Waals surface area (Å²) in [6.45, 7) is 1.67. The van der Waals surface area contributed by atoms with Gasteiger partial charge in [0.25, 0.3) is 11.8 Å². The van der Waals surface area contributed by atoms with Gasteiger partial charge < -0.3 is 15.1 Å². The molecular formula is C27H26ClN3O3. The van der Waals surface area contributed by atoms with Crippen LogP contribution in [-0.2, 0) is 11.2 Å². The minimum atomic E-state index is -0.700. The molecule has 3 aromatic rings. The highest BCUT2D eigenvalue weighted by atomic mass is 35.5. The van der Waals surface area contributed by atoms with Crippen molar-refractivity contribution in [3.63, 3.8) is 0 Å². The maximum atomic E-state index is 13.4. The summed E-state index contributed by atoms with van der Waals surface area (Å²) in [6.07, 6.45) is 0.391. The molecule has 4 rings (SSSR count). The van der Waals surface area contributed by atoms with Gasteiger partial charge in [0.2, 0.25) is 5.91 Å². The van der Waals surface area contributed by atoms with Crippen LogP contribution >= 0.6 is 11.6 Å². The van der Waals surface area contributed by atoms with Crippen LogP contribution in [-0.4, -0.2) is 59.7 Å². The number of amides is 3. The second-order valence-corrected chi connectivity index (χ2v) is 8.64. The number of hydrogen-bond donors (Lipinski definition) is 1. The van der Waals surface area contributed by atoms with Crippen molar-refractivity contribution < 1.29 is 14.4 Å². The molecule has 1 aliphatic rings. The molecule has 1 heterocycles. The second kappa shape index (κ2) is 11.0. The van der Waals surface area contributed by atoms with Crippen molar-refractivity contribution in [3.05, 3.63) is 107 Å². The standard InChI is InChI=1S/C27H26ClN3O3/c28-23-13-11-22(12-14-23)26(33)30-15-17-31(18-16-30)27(34)24(19-20-7-3-1-4-8-20)29-25(32)21-9-5-2-6-10-21/h1-14,24H,15-19H2,(H,29,32). The number of hydrogen-bond acceptors (Lipinski definition) is 3. The van der Waals surface area contributed by atoms with E-state index in [2.05, 4.69) is 5.32 Å². The quantitative estimate of drug-likeness (QED) is 0.591. The number of carbonyl (C=O) groups is 3. The van der Waals surface area contributed by atoms with Crippen molar-refractivity contribution in [2.75, 3.05) is 26.2 Å². The molecular weight excluding hydrogens is 450 g/mol. The molecule has 0 bridgehead atoms. The molecule has 0 radical (unpaired) electrons. The summed E-state index contributed by atoms with van der Waals surface area (Å²) in [5.74, 6) is -0.514. The van der Waals surface area contributed by atoms with Crippen LogP contribution < -0.4 is 5.32 Å². The van der Waals surface area contributed by atoms with Crippen LogP contribution in [0, 0.1) is 0 Å². The first-order chi connectivity index (χ1) is 16.5. The largest absolute Gasteiger partial charge is 0.340 e. The summed E-state index contributed by atoms with van der Waals surface area (Å²) in [5.41, 5.74) is 2.04. The summed E-state index contributed by atoms with van der Waals surface area (Å²) in [4.78, 5) is 42.5. The van der Waals surface area contributed by atoms with Crippen molar-refractivity contribution in [2.24, 2.45) is 0 Å². The Morgan fingerprint density at radius 1 is 0.735 bits per heavy atom. The number of nitrogens with zero attached hydrogens (tertiary/aromatic N) is 2. The Labute approximate surface area is 204 Å². The third-order valence-electron chi connectivity index (χ3n) is 5.89. The number of halogens is 1. The lowest BCUT2D eigenvalue weighted by atomic mass is 10.0. The molecule has 1 fully saturated rings. The van der Waals surface area contributed by atoms with Crippen molar-refractivity contribution in [1.82, 2.24) is 15.1 Å². The fourth-order valence-corrected chi connectivity index (χ4v) is 4.13. The van der Waals surface area contributed by atoms with E-state index < -0.39 is 6.04 Å². The first-order valence-corrected chi connectivity index (χ1v) is 11.6. The van der Waals surface area contributed by atoms with E-state index in [9.17, 15) is 14.4 Å². The van der Waals surface area contributed by atoms with Crippen molar-refractivity contribution in [1.29, 1.82) is 0 Å². The molecule has 3 amide bonds. The predicted molar refractivity (Wildman–Crippen MR) is 132 cm³/mol. The first kappa shape index (κ1) is 23.5. The zero-order chi connectivity index (χ0) is 23.9. The van der Waals surface area contributed by atoms with Crippen LogP contribution in [0.1, 0.15) is 26.3 Å². The maximum Gasteiger partial charge on any atom is 0.253 e. The number of rotatable bonds is 6. The van der Waals surface area contributed by atoms with Crippen molar-refractivity contribution in [2.45, 2.75) is 12.5 Å². The minimum Gasteiger partial charge on any atom is -0.340 e. The van der Waals surface area contributed by atoms with Gasteiger partial charge in [0.15, 0.2) is 0 Å². The summed E-state index contributed by atoms with van der Waals surface area (Å²) in [7, 11) is 0. The minimum absolute atomic E-state index is 0.0815. The molecule has 34 heavy (non-hydrogen) atoms. The van der Waals surface area contributed by atoms with Crippen LogP contribution in [0.4, 0.5) is 0 Å². The van der Waals surface area contributed by atoms with Gasteiger partial charge in [-0.25, -0.2) is 0 Å². The van der Waals surface area contributed by atoms with Gasteiger partial charge in [-0.15, -0.1) is 0 Å². The van der Waals surface area contributed by atoms with E-state index in [1.54, 1.807) is 58.3 Å². The summed E-state index contributed by atoms with van der Waals surface area (Å²) in [5, 5.41) is 3.50. The Hall–Kier alpha value is -3.64. The monoisotopic (exact) mass is 475 g/mol. The van der Waals surface area contributed by atoms with E-state index in [-0.39, 0.29) is 17.7 Å². The van der Waals surface area contributed by atoms with Crippen LogP contribution in [0.5, 0.6) is 0 Å². The molecule has 1 N–H and O–H groups in total. The predicted octanol–water partition coefficient (Wildman–Crippen LogP) is 3.67. The highest BCUT2D eigenvalue weighted by Crippen LogP contribution is 2.15. The highest BCUT2D eigenvalue weighted by Gasteiger charge is 2.30. The maximum absolute atomic E-state index is 13.4. The van der Waals surface area contributed by atoms with Gasteiger partial charge in [0.05, 0.1) is 0 Å². The fraction of sp³-hybridized carbons (Fsp3) is 0.222. The highest BCUT2D eigenvalue weighted by molar-refractivity contribution is 6.30. The second-order valence-electron chi connectivity index (χ2n) is 8.21. The molecule has 1 atom stereocenters. The molecule has 1 aliphatic heterocycles. The number of piperazine rings is 1. The number of nitrogens with one attached hydrogen (secondary N) is 1. The van der Waals surface area contributed by atoms with Crippen LogP contribution in [0.2, 0.25) is 5.02 Å². The van der Waals surface area contributed by atoms with Crippen molar-refractivity contribution >= 4 is 29.3 Å². The molecule has 0 spiro atoms. The number of carbonyl (C=O) groups excluding carboxylic acids is 3. The van der Waals surface area contributed by atoms with Crippen LogP contribution in [0.15, 0.2) is 84.9 Å². The zero-order valence-electron chi connectivity index (χ0n) is 18.7. The lowest BCUT2D eigenvalue weighted by molar-refractivity contribution is -0.134. The molecule has 1 saturated heterocycles. The lowest BCUT2D eigenvalue weighted by Gasteiger charge is -2.36. The number of benzene rings is 3. The molecule has 0 saturated carbocycles. The molecule has 174 valence electrons. The van der Waals surface area contributed by atoms with E-state index in [1.807, 2.05) is 36.4 Å². The molecule has 0 aliphatic carbocycles. The summed E-state index contributed by atoms with van der Waals surface area (Å²) in [6, 6.07) is 24.6. The third-order valence-corrected chi connectivity index (χ3v) is 6.14. The topological polar surface area (TPSA) is 69.7 Å². The SMILES string of the molecule is O=C(NC(Cc1ccccc1)C(=O)N1CCN(C(=O)c2ccc(Cl)cc2)CC1)c1ccccc1. The summed E-state index contributed by atoms with van der Waals surface area (Å²) >= 11 is 5.92. The Bertz CT molecular complexity index is 1130. The van der Waals surface area contributed by atoms with Crippen molar-refractivity contribution in [3.8, 4) is 0 Å². The molecule has 3 aromatic carbocycles. The van der Waals surface area contributed by atoms with Crippen LogP contribution in [0.25, 0.3) is 0 Å². The average Bonchev–Trinajstić information content (AvgIpc) is 2.89. The normalized spacial score (nSPS) is 14.4. The van der Waals surface area contributed by atoms with Gasteiger partial charge in [-0.05, 0) is 42.0 Å². The van der Waals surface area contributed by atoms with Gasteiger partial charge in [-0.2, -0.15) is 0 Å². The molecule has 1 unspecified atom stereocenters. The van der Waals surface area contributed by atoms with Gasteiger partial charge in [0, 0.05) is 48.7 Å². The lowest BCUT2D eigenvalue weighted by Crippen LogP contribution is -2.56. The van der Waals surface area contributed by atoms with E-state index in [0.717, 1.165) is 5.56 Å². The molecule has 6 nitrogen and oxygen atoms in total. The van der Waals surface area contributed by atoms with E-state index >= 15 is 0 Å². The van der Waals surface area contributed by atoms with Gasteiger partial charge >= 0.3 is 0 Å². The summed E-state index contributed by atoms with van der Waals surface area (Å²) < 4.78 is 0. The Morgan fingerprint density at radius 3 is 1.91 bits per heavy atom. The molecule has 7 heteroatoms. The van der Waals surface area contributed by atoms with Gasteiger partial charge in [-0.1, -0.05) is 60.1 Å².